The molecule has 0 bridgehead atoms. The first-order chi connectivity index (χ1) is 11.6. The first-order valence-electron chi connectivity index (χ1n) is 7.48. The lowest BCUT2D eigenvalue weighted by molar-refractivity contribution is -0.138. The minimum absolute atomic E-state index is 0.0461. The molecule has 2 heterocycles. The second kappa shape index (κ2) is 14.8. The maximum absolute atomic E-state index is 10.3. The fourth-order valence-electron chi connectivity index (χ4n) is 1.04. The molecule has 2 rings (SSSR count). The molecule has 2 fully saturated rings. The van der Waals surface area contributed by atoms with E-state index in [-0.39, 0.29) is 13.2 Å². The molecule has 8 nitrogen and oxygen atoms in total. The average Bonchev–Trinajstić information content (AvgIpc) is 3.50. The second-order valence-corrected chi connectivity index (χ2v) is 4.62. The van der Waals surface area contributed by atoms with Gasteiger partial charge in [-0.15, -0.1) is 0 Å². The van der Waals surface area contributed by atoms with E-state index in [4.69, 9.17) is 19.3 Å². The molecule has 0 aromatic heterocycles. The van der Waals surface area contributed by atoms with Crippen LogP contribution in [0.3, 0.4) is 0 Å². The number of aliphatic hydroxyl groups is 1. The van der Waals surface area contributed by atoms with Gasteiger partial charge in [-0.3, -0.25) is 0 Å². The summed E-state index contributed by atoms with van der Waals surface area (Å²) in [7, 11) is 1.31. The van der Waals surface area contributed by atoms with Crippen LogP contribution < -0.4 is 0 Å². The highest BCUT2D eigenvalue weighted by atomic mass is 16.6. The van der Waals surface area contributed by atoms with Crippen LogP contribution in [-0.4, -0.2) is 76.0 Å². The van der Waals surface area contributed by atoms with E-state index in [9.17, 15) is 9.59 Å². The van der Waals surface area contributed by atoms with Crippen molar-refractivity contribution in [2.24, 2.45) is 0 Å². The monoisotopic (exact) mass is 346 g/mol. The molecular weight excluding hydrogens is 320 g/mol. The van der Waals surface area contributed by atoms with Gasteiger partial charge >= 0.3 is 11.9 Å². The Labute approximate surface area is 142 Å². The van der Waals surface area contributed by atoms with Crippen LogP contribution >= 0.6 is 0 Å². The summed E-state index contributed by atoms with van der Waals surface area (Å²) >= 11 is 0. The molecule has 1 N–H and O–H groups in total. The van der Waals surface area contributed by atoms with Crippen molar-refractivity contribution in [2.45, 2.75) is 18.6 Å². The zero-order chi connectivity index (χ0) is 18.2. The number of hydrogen-bond acceptors (Lipinski definition) is 8. The number of ether oxygens (including phenoxy) is 5. The molecule has 8 heteroatoms. The number of aliphatic hydroxyl groups excluding tert-OH is 1. The van der Waals surface area contributed by atoms with Crippen molar-refractivity contribution in [3.63, 3.8) is 0 Å². The molecule has 2 aliphatic rings. The zero-order valence-corrected chi connectivity index (χ0v) is 14.0. The molecule has 0 saturated carbocycles. The summed E-state index contributed by atoms with van der Waals surface area (Å²) in [4.78, 5) is 20.1. The lowest BCUT2D eigenvalue weighted by Crippen LogP contribution is -2.06. The largest absolute Gasteiger partial charge is 0.466 e. The van der Waals surface area contributed by atoms with Crippen LogP contribution in [0.5, 0.6) is 0 Å². The fourth-order valence-corrected chi connectivity index (χ4v) is 1.04. The average molecular weight is 346 g/mol. The normalized spacial score (nSPS) is 19.4. The molecule has 138 valence electrons. The van der Waals surface area contributed by atoms with Gasteiger partial charge in [-0.25, -0.2) is 9.59 Å². The molecule has 24 heavy (non-hydrogen) atoms. The lowest BCUT2D eigenvalue weighted by atomic mass is 10.5. The van der Waals surface area contributed by atoms with Crippen molar-refractivity contribution in [1.82, 2.24) is 0 Å². The van der Waals surface area contributed by atoms with Crippen molar-refractivity contribution < 1.29 is 38.4 Å². The zero-order valence-electron chi connectivity index (χ0n) is 14.0. The minimum Gasteiger partial charge on any atom is -0.466 e. The van der Waals surface area contributed by atoms with E-state index < -0.39 is 11.9 Å². The smallest absolute Gasteiger partial charge is 0.330 e. The third-order valence-corrected chi connectivity index (χ3v) is 2.49. The van der Waals surface area contributed by atoms with Gasteiger partial charge in [-0.2, -0.15) is 0 Å². The quantitative estimate of drug-likeness (QED) is 0.274. The third kappa shape index (κ3) is 16.6. The SMILES string of the molecule is C(OCC1CO1)C1CO1.C=CC(=O)OC.C=CC(=O)OCCCO. The maximum Gasteiger partial charge on any atom is 0.330 e. The number of rotatable bonds is 9. The second-order valence-electron chi connectivity index (χ2n) is 4.62. The molecule has 0 amide bonds. The summed E-state index contributed by atoms with van der Waals surface area (Å²) in [6, 6.07) is 0. The lowest BCUT2D eigenvalue weighted by Gasteiger charge is -1.96. The molecule has 0 aliphatic carbocycles. The minimum atomic E-state index is -0.441. The summed E-state index contributed by atoms with van der Waals surface area (Å²) in [6.45, 7) is 9.93. The Morgan fingerprint density at radius 2 is 1.62 bits per heavy atom. The van der Waals surface area contributed by atoms with Crippen LogP contribution in [-0.2, 0) is 33.3 Å². The van der Waals surface area contributed by atoms with Gasteiger partial charge in [0.05, 0.1) is 40.1 Å². The van der Waals surface area contributed by atoms with E-state index in [0.717, 1.165) is 38.6 Å². The van der Waals surface area contributed by atoms with Crippen LogP contribution in [0.15, 0.2) is 25.3 Å². The molecule has 0 aromatic rings. The van der Waals surface area contributed by atoms with E-state index in [2.05, 4.69) is 22.6 Å². The standard InChI is InChI=1S/2C6H10O3.C4H6O2/c1(5-3-8-5)7-2-6-4-9-6;1-2-6(8)9-5-3-4-7;1-3-4(5)6-2/h5-6H,1-4H2;2,7H,1,3-5H2;3H,1H2,2H3. The van der Waals surface area contributed by atoms with Crippen molar-refractivity contribution in [3.05, 3.63) is 25.3 Å². The van der Waals surface area contributed by atoms with Gasteiger partial charge in [0, 0.05) is 25.2 Å². The molecular formula is C16H26O8. The number of carbonyl (C=O) groups excluding carboxylic acids is 2. The number of methoxy groups -OCH3 is 1. The number of epoxide rings is 2. The Bertz CT molecular complexity index is 362. The Kier molecular flexibility index (Phi) is 13.8. The van der Waals surface area contributed by atoms with E-state index in [1.54, 1.807) is 0 Å². The maximum atomic E-state index is 10.3. The Morgan fingerprint density at radius 1 is 1.12 bits per heavy atom. The Morgan fingerprint density at radius 3 is 1.92 bits per heavy atom. The van der Waals surface area contributed by atoms with Crippen LogP contribution in [0.2, 0.25) is 0 Å². The van der Waals surface area contributed by atoms with Crippen molar-refractivity contribution in [2.75, 3.05) is 46.8 Å². The summed E-state index contributed by atoms with van der Waals surface area (Å²) < 4.78 is 23.8. The summed E-state index contributed by atoms with van der Waals surface area (Å²) in [5.41, 5.74) is 0. The Hall–Kier alpha value is -1.74. The van der Waals surface area contributed by atoms with Gasteiger partial charge in [-0.05, 0) is 0 Å². The third-order valence-electron chi connectivity index (χ3n) is 2.49. The molecule has 2 aliphatic heterocycles. The number of esters is 2. The Balaban J connectivity index is 0.000000340. The summed E-state index contributed by atoms with van der Waals surface area (Å²) in [5.74, 6) is -0.835. The predicted molar refractivity (Wildman–Crippen MR) is 85.4 cm³/mol. The van der Waals surface area contributed by atoms with Gasteiger partial charge in [-0.1, -0.05) is 13.2 Å². The summed E-state index contributed by atoms with van der Waals surface area (Å²) in [6.07, 6.45) is 3.48. The fraction of sp³-hybridized carbons (Fsp3) is 0.625. The topological polar surface area (TPSA) is 107 Å². The van der Waals surface area contributed by atoms with Gasteiger partial charge in [0.15, 0.2) is 0 Å². The molecule has 0 radical (unpaired) electrons. The first-order valence-corrected chi connectivity index (χ1v) is 7.48. The molecule has 0 aromatic carbocycles. The molecule has 2 saturated heterocycles. The van der Waals surface area contributed by atoms with E-state index in [1.807, 2.05) is 0 Å². The van der Waals surface area contributed by atoms with Crippen LogP contribution in [0.4, 0.5) is 0 Å². The number of hydrogen-bond donors (Lipinski definition) is 1. The number of carbonyl (C=O) groups is 2. The van der Waals surface area contributed by atoms with Crippen molar-refractivity contribution in [1.29, 1.82) is 0 Å². The van der Waals surface area contributed by atoms with E-state index in [0.29, 0.717) is 18.6 Å². The highest BCUT2D eigenvalue weighted by Gasteiger charge is 2.26. The van der Waals surface area contributed by atoms with Crippen LogP contribution in [0.1, 0.15) is 6.42 Å². The van der Waals surface area contributed by atoms with Gasteiger partial charge < -0.3 is 28.8 Å². The van der Waals surface area contributed by atoms with Gasteiger partial charge in [0.1, 0.15) is 12.2 Å². The van der Waals surface area contributed by atoms with Gasteiger partial charge in [0.2, 0.25) is 0 Å². The van der Waals surface area contributed by atoms with E-state index >= 15 is 0 Å². The predicted octanol–water partition coefficient (Wildman–Crippen LogP) is 0.244. The van der Waals surface area contributed by atoms with Crippen LogP contribution in [0, 0.1) is 0 Å². The van der Waals surface area contributed by atoms with Gasteiger partial charge in [0.25, 0.3) is 0 Å². The highest BCUT2D eigenvalue weighted by Crippen LogP contribution is 2.12. The summed E-state index contributed by atoms with van der Waals surface area (Å²) in [5, 5.41) is 8.23. The van der Waals surface area contributed by atoms with Crippen LogP contribution in [0.25, 0.3) is 0 Å². The van der Waals surface area contributed by atoms with E-state index in [1.165, 1.54) is 7.11 Å². The highest BCUT2D eigenvalue weighted by molar-refractivity contribution is 5.81. The van der Waals surface area contributed by atoms with Crippen molar-refractivity contribution in [3.8, 4) is 0 Å². The molecule has 0 spiro atoms. The molecule has 2 unspecified atom stereocenters. The van der Waals surface area contributed by atoms with Crippen molar-refractivity contribution >= 4 is 11.9 Å². The molecule has 2 atom stereocenters. The first kappa shape index (κ1) is 22.3.